The fraction of sp³-hybridized carbons (Fsp3) is 0.211. The van der Waals surface area contributed by atoms with Crippen molar-refractivity contribution in [1.82, 2.24) is 9.97 Å². The second-order valence-electron chi connectivity index (χ2n) is 5.59. The molecule has 3 rings (SSSR count). The lowest BCUT2D eigenvalue weighted by Gasteiger charge is -2.10. The number of nitrogens with one attached hydrogen (secondary N) is 1. The average molecular weight is 384 g/mol. The third-order valence-corrected chi connectivity index (χ3v) is 4.76. The van der Waals surface area contributed by atoms with Crippen molar-refractivity contribution in [3.8, 4) is 23.0 Å². The average Bonchev–Trinajstić information content (AvgIpc) is 3.17. The number of nitrogens with zero attached hydrogens (tertiary/aromatic N) is 3. The van der Waals surface area contributed by atoms with Gasteiger partial charge in [0, 0.05) is 18.2 Å². The Labute approximate surface area is 161 Å². The van der Waals surface area contributed by atoms with Gasteiger partial charge >= 0.3 is 6.01 Å². The van der Waals surface area contributed by atoms with E-state index in [4.69, 9.17) is 14.7 Å². The van der Waals surface area contributed by atoms with Crippen molar-refractivity contribution < 1.29 is 14.7 Å². The molecule has 0 aliphatic rings. The number of benzene rings is 1. The van der Waals surface area contributed by atoms with Crippen LogP contribution < -0.4 is 14.8 Å². The normalized spacial score (nSPS) is 10.9. The number of rotatable bonds is 8. The van der Waals surface area contributed by atoms with Gasteiger partial charge in [-0.3, -0.25) is 0 Å². The summed E-state index contributed by atoms with van der Waals surface area (Å²) in [6.45, 7) is 0.709. The lowest BCUT2D eigenvalue weighted by molar-refractivity contribution is 0.322. The number of anilines is 1. The molecule has 0 aliphatic heterocycles. The van der Waals surface area contributed by atoms with Crippen molar-refractivity contribution in [2.45, 2.75) is 6.42 Å². The standard InChI is InChI=1S/C19H20N4O3S/c1-25-14-5-3-13(4-6-14)7-9-20-18-11-16(22-19(23-18)26-2)15-8-10-27-17(15)12-21-24/h3-6,8,10-12,24H,7,9H2,1-2H3,(H,20,22,23)/b21-12+. The monoisotopic (exact) mass is 384 g/mol. The molecule has 140 valence electrons. The molecule has 0 aliphatic carbocycles. The molecular weight excluding hydrogens is 364 g/mol. The Bertz CT molecular complexity index is 910. The summed E-state index contributed by atoms with van der Waals surface area (Å²) in [5, 5.41) is 17.2. The predicted molar refractivity (Wildman–Crippen MR) is 106 cm³/mol. The van der Waals surface area contributed by atoms with E-state index in [1.54, 1.807) is 7.11 Å². The van der Waals surface area contributed by atoms with E-state index in [1.165, 1.54) is 30.2 Å². The third kappa shape index (κ3) is 4.73. The summed E-state index contributed by atoms with van der Waals surface area (Å²) in [5.41, 5.74) is 2.76. The van der Waals surface area contributed by atoms with Crippen LogP contribution in [-0.2, 0) is 6.42 Å². The van der Waals surface area contributed by atoms with Gasteiger partial charge < -0.3 is 20.0 Å². The molecule has 0 radical (unpaired) electrons. The van der Waals surface area contributed by atoms with E-state index in [-0.39, 0.29) is 6.01 Å². The lowest BCUT2D eigenvalue weighted by Crippen LogP contribution is -2.08. The van der Waals surface area contributed by atoms with Gasteiger partial charge in [-0.25, -0.2) is 0 Å². The molecule has 27 heavy (non-hydrogen) atoms. The molecule has 7 nitrogen and oxygen atoms in total. The van der Waals surface area contributed by atoms with Crippen LogP contribution in [0.2, 0.25) is 0 Å². The fourth-order valence-electron chi connectivity index (χ4n) is 2.56. The van der Waals surface area contributed by atoms with Crippen LogP contribution >= 0.6 is 11.3 Å². The number of thiophene rings is 1. The molecule has 8 heteroatoms. The minimum Gasteiger partial charge on any atom is -0.497 e. The molecule has 0 unspecified atom stereocenters. The number of hydrogen-bond donors (Lipinski definition) is 2. The fourth-order valence-corrected chi connectivity index (χ4v) is 3.32. The Hall–Kier alpha value is -3.13. The largest absolute Gasteiger partial charge is 0.497 e. The minimum atomic E-state index is 0.275. The summed E-state index contributed by atoms with van der Waals surface area (Å²) in [7, 11) is 3.19. The zero-order valence-electron chi connectivity index (χ0n) is 15.0. The molecular formula is C19H20N4O3S. The van der Waals surface area contributed by atoms with E-state index in [1.807, 2.05) is 41.8 Å². The number of methoxy groups -OCH3 is 2. The topological polar surface area (TPSA) is 88.9 Å². The molecule has 1 aromatic carbocycles. The zero-order valence-corrected chi connectivity index (χ0v) is 15.9. The van der Waals surface area contributed by atoms with Crippen molar-refractivity contribution in [3.63, 3.8) is 0 Å². The van der Waals surface area contributed by atoms with Crippen LogP contribution in [0.3, 0.4) is 0 Å². The first-order valence-electron chi connectivity index (χ1n) is 8.28. The Morgan fingerprint density at radius 1 is 1.15 bits per heavy atom. The van der Waals surface area contributed by atoms with Crippen LogP contribution in [0.4, 0.5) is 5.82 Å². The summed E-state index contributed by atoms with van der Waals surface area (Å²) >= 11 is 1.47. The quantitative estimate of drug-likeness (QED) is 0.350. The molecule has 0 atom stereocenters. The maximum absolute atomic E-state index is 8.82. The highest BCUT2D eigenvalue weighted by molar-refractivity contribution is 7.12. The molecule has 0 saturated carbocycles. The van der Waals surface area contributed by atoms with E-state index in [9.17, 15) is 0 Å². The second-order valence-corrected chi connectivity index (χ2v) is 6.54. The number of oxime groups is 1. The molecule has 0 bridgehead atoms. The third-order valence-electron chi connectivity index (χ3n) is 3.91. The van der Waals surface area contributed by atoms with Crippen LogP contribution in [0.25, 0.3) is 11.3 Å². The van der Waals surface area contributed by atoms with Crippen LogP contribution in [0, 0.1) is 0 Å². The highest BCUT2D eigenvalue weighted by atomic mass is 32.1. The van der Waals surface area contributed by atoms with Crippen LogP contribution in [-0.4, -0.2) is 42.2 Å². The van der Waals surface area contributed by atoms with Gasteiger partial charge in [-0.1, -0.05) is 17.3 Å². The predicted octanol–water partition coefficient (Wildman–Crippen LogP) is 3.69. The van der Waals surface area contributed by atoms with E-state index in [2.05, 4.69) is 20.4 Å². The maximum atomic E-state index is 8.82. The van der Waals surface area contributed by atoms with Crippen molar-refractivity contribution in [1.29, 1.82) is 0 Å². The van der Waals surface area contributed by atoms with Crippen molar-refractivity contribution in [2.24, 2.45) is 5.16 Å². The van der Waals surface area contributed by atoms with Gasteiger partial charge in [-0.2, -0.15) is 9.97 Å². The first kappa shape index (κ1) is 18.7. The minimum absolute atomic E-state index is 0.275. The number of ether oxygens (including phenoxy) is 2. The van der Waals surface area contributed by atoms with Crippen LogP contribution in [0.5, 0.6) is 11.8 Å². The Morgan fingerprint density at radius 3 is 2.67 bits per heavy atom. The van der Waals surface area contributed by atoms with Crippen LogP contribution in [0.15, 0.2) is 46.9 Å². The van der Waals surface area contributed by atoms with Gasteiger partial charge in [0.05, 0.1) is 31.0 Å². The van der Waals surface area contributed by atoms with E-state index in [0.29, 0.717) is 18.1 Å². The van der Waals surface area contributed by atoms with E-state index >= 15 is 0 Å². The number of hydrogen-bond acceptors (Lipinski definition) is 8. The molecule has 2 N–H and O–H groups in total. The highest BCUT2D eigenvalue weighted by Gasteiger charge is 2.11. The first-order chi connectivity index (χ1) is 13.2. The molecule has 0 spiro atoms. The van der Waals surface area contributed by atoms with Gasteiger partial charge in [0.1, 0.15) is 11.6 Å². The summed E-state index contributed by atoms with van der Waals surface area (Å²) in [6.07, 6.45) is 2.23. The van der Waals surface area contributed by atoms with Gasteiger partial charge in [0.25, 0.3) is 0 Å². The Balaban J connectivity index is 1.74. The first-order valence-corrected chi connectivity index (χ1v) is 9.16. The molecule has 2 heterocycles. The van der Waals surface area contributed by atoms with Gasteiger partial charge in [0.2, 0.25) is 0 Å². The summed E-state index contributed by atoms with van der Waals surface area (Å²) in [4.78, 5) is 9.56. The van der Waals surface area contributed by atoms with Crippen molar-refractivity contribution in [3.05, 3.63) is 52.2 Å². The molecule has 2 aromatic heterocycles. The van der Waals surface area contributed by atoms with Gasteiger partial charge in [-0.15, -0.1) is 11.3 Å². The Kier molecular flexibility index (Phi) is 6.22. The maximum Gasteiger partial charge on any atom is 0.318 e. The van der Waals surface area contributed by atoms with Crippen LogP contribution in [0.1, 0.15) is 10.4 Å². The lowest BCUT2D eigenvalue weighted by atomic mass is 10.1. The smallest absolute Gasteiger partial charge is 0.318 e. The van der Waals surface area contributed by atoms with E-state index in [0.717, 1.165) is 22.6 Å². The second kappa shape index (κ2) is 9.00. The molecule has 0 fully saturated rings. The molecule has 0 amide bonds. The summed E-state index contributed by atoms with van der Waals surface area (Å²) in [6, 6.07) is 12.0. The highest BCUT2D eigenvalue weighted by Crippen LogP contribution is 2.28. The van der Waals surface area contributed by atoms with Gasteiger partial charge in [0.15, 0.2) is 0 Å². The Morgan fingerprint density at radius 2 is 1.96 bits per heavy atom. The SMILES string of the molecule is COc1ccc(CCNc2cc(-c3ccsc3/C=N/O)nc(OC)n2)cc1. The van der Waals surface area contributed by atoms with Crippen molar-refractivity contribution >= 4 is 23.4 Å². The summed E-state index contributed by atoms with van der Waals surface area (Å²) in [5.74, 6) is 1.51. The number of aromatic nitrogens is 2. The molecule has 0 saturated heterocycles. The zero-order chi connectivity index (χ0) is 19.1. The molecule has 3 aromatic rings. The van der Waals surface area contributed by atoms with Gasteiger partial charge in [-0.05, 0) is 35.6 Å². The van der Waals surface area contributed by atoms with Crippen molar-refractivity contribution in [2.75, 3.05) is 26.1 Å². The summed E-state index contributed by atoms with van der Waals surface area (Å²) < 4.78 is 10.4. The van der Waals surface area contributed by atoms with E-state index < -0.39 is 0 Å².